The lowest BCUT2D eigenvalue weighted by atomic mass is 10.3. The number of hydrogen-bond acceptors (Lipinski definition) is 2. The van der Waals surface area contributed by atoms with Crippen molar-refractivity contribution in [1.82, 2.24) is 0 Å². The summed E-state index contributed by atoms with van der Waals surface area (Å²) in [6.07, 6.45) is 2.58. The largest absolute Gasteiger partial charge is 0.469 e. The lowest BCUT2D eigenvalue weighted by Gasteiger charge is -1.86. The molecule has 50 valence electrons. The Kier molecular flexibility index (Phi) is 1.90. The Labute approximate surface area is 54.7 Å². The van der Waals surface area contributed by atoms with Gasteiger partial charge in [0, 0.05) is 6.42 Å². The second-order valence-electron chi connectivity index (χ2n) is 2.13. The average molecular weight is 125 g/mol. The van der Waals surface area contributed by atoms with E-state index in [-0.39, 0.29) is 0 Å². The lowest BCUT2D eigenvalue weighted by molar-refractivity contribution is 0.510. The molecule has 1 rings (SSSR count). The van der Waals surface area contributed by atoms with Gasteiger partial charge in [0.25, 0.3) is 0 Å². The van der Waals surface area contributed by atoms with Gasteiger partial charge in [-0.15, -0.1) is 0 Å². The summed E-state index contributed by atoms with van der Waals surface area (Å²) in [4.78, 5) is 0. The van der Waals surface area contributed by atoms with Crippen LogP contribution in [0, 0.1) is 6.92 Å². The van der Waals surface area contributed by atoms with Crippen LogP contribution in [0.2, 0.25) is 0 Å². The summed E-state index contributed by atoms with van der Waals surface area (Å²) >= 11 is 0. The highest BCUT2D eigenvalue weighted by Crippen LogP contribution is 2.05. The first kappa shape index (κ1) is 6.36. The Morgan fingerprint density at radius 2 is 2.44 bits per heavy atom. The SMILES string of the molecule is Cc1coc(CCN)c1. The van der Waals surface area contributed by atoms with E-state index >= 15 is 0 Å². The van der Waals surface area contributed by atoms with E-state index in [0.717, 1.165) is 12.2 Å². The lowest BCUT2D eigenvalue weighted by Crippen LogP contribution is -2.01. The molecule has 2 nitrogen and oxygen atoms in total. The van der Waals surface area contributed by atoms with E-state index in [1.165, 1.54) is 5.56 Å². The molecule has 2 heteroatoms. The van der Waals surface area contributed by atoms with Gasteiger partial charge < -0.3 is 10.2 Å². The third-order valence-corrected chi connectivity index (χ3v) is 1.18. The van der Waals surface area contributed by atoms with Crippen molar-refractivity contribution in [3.05, 3.63) is 23.7 Å². The van der Waals surface area contributed by atoms with Crippen LogP contribution in [0.25, 0.3) is 0 Å². The zero-order valence-corrected chi connectivity index (χ0v) is 5.55. The summed E-state index contributed by atoms with van der Waals surface area (Å²) in [5.74, 6) is 0.981. The van der Waals surface area contributed by atoms with Crippen molar-refractivity contribution >= 4 is 0 Å². The molecule has 9 heavy (non-hydrogen) atoms. The van der Waals surface area contributed by atoms with Crippen molar-refractivity contribution in [2.75, 3.05) is 6.54 Å². The third kappa shape index (κ3) is 1.57. The molecule has 0 saturated carbocycles. The van der Waals surface area contributed by atoms with Gasteiger partial charge in [-0.2, -0.15) is 0 Å². The Balaban J connectivity index is 2.61. The third-order valence-electron chi connectivity index (χ3n) is 1.18. The van der Waals surface area contributed by atoms with Crippen LogP contribution < -0.4 is 5.73 Å². The minimum atomic E-state index is 0.660. The van der Waals surface area contributed by atoms with E-state index in [2.05, 4.69) is 0 Å². The van der Waals surface area contributed by atoms with Gasteiger partial charge in [-0.25, -0.2) is 0 Å². The van der Waals surface area contributed by atoms with E-state index in [1.54, 1.807) is 6.26 Å². The highest BCUT2D eigenvalue weighted by atomic mass is 16.3. The fraction of sp³-hybridized carbons (Fsp3) is 0.429. The van der Waals surface area contributed by atoms with Crippen molar-refractivity contribution in [3.8, 4) is 0 Å². The minimum Gasteiger partial charge on any atom is -0.469 e. The first-order valence-corrected chi connectivity index (χ1v) is 3.07. The summed E-state index contributed by atoms with van der Waals surface area (Å²) in [5.41, 5.74) is 6.48. The van der Waals surface area contributed by atoms with Gasteiger partial charge in [-0.1, -0.05) is 0 Å². The van der Waals surface area contributed by atoms with Crippen LogP contribution in [-0.2, 0) is 6.42 Å². The van der Waals surface area contributed by atoms with Gasteiger partial charge in [0.05, 0.1) is 6.26 Å². The molecule has 0 atom stereocenters. The zero-order valence-electron chi connectivity index (χ0n) is 5.55. The molecule has 0 aliphatic heterocycles. The van der Waals surface area contributed by atoms with Crippen LogP contribution in [0.15, 0.2) is 16.7 Å². The predicted octanol–water partition coefficient (Wildman–Crippen LogP) is 1.09. The van der Waals surface area contributed by atoms with Crippen LogP contribution in [0.3, 0.4) is 0 Å². The maximum Gasteiger partial charge on any atom is 0.105 e. The number of hydrogen-bond donors (Lipinski definition) is 1. The standard InChI is InChI=1S/C7H11NO/c1-6-4-7(2-3-8)9-5-6/h4-5H,2-3,8H2,1H3. The van der Waals surface area contributed by atoms with Gasteiger partial charge in [0.1, 0.15) is 5.76 Å². The first-order valence-electron chi connectivity index (χ1n) is 3.07. The molecule has 0 saturated heterocycles. The van der Waals surface area contributed by atoms with Crippen molar-refractivity contribution in [2.45, 2.75) is 13.3 Å². The average Bonchev–Trinajstić information content (AvgIpc) is 2.17. The van der Waals surface area contributed by atoms with Gasteiger partial charge >= 0.3 is 0 Å². The zero-order chi connectivity index (χ0) is 6.69. The van der Waals surface area contributed by atoms with Crippen LogP contribution in [0.5, 0.6) is 0 Å². The quantitative estimate of drug-likeness (QED) is 0.642. The van der Waals surface area contributed by atoms with E-state index in [9.17, 15) is 0 Å². The van der Waals surface area contributed by atoms with Gasteiger partial charge in [-0.05, 0) is 25.1 Å². The summed E-state index contributed by atoms with van der Waals surface area (Å²) in [6, 6.07) is 2.01. The van der Waals surface area contributed by atoms with E-state index in [0.29, 0.717) is 6.54 Å². The van der Waals surface area contributed by atoms with Gasteiger partial charge in [0.15, 0.2) is 0 Å². The monoisotopic (exact) mass is 125 g/mol. The fourth-order valence-electron chi connectivity index (χ4n) is 0.764. The van der Waals surface area contributed by atoms with Crippen molar-refractivity contribution in [1.29, 1.82) is 0 Å². The molecule has 0 fully saturated rings. The van der Waals surface area contributed by atoms with Crippen LogP contribution >= 0.6 is 0 Å². The maximum atomic E-state index is 5.31. The Bertz CT molecular complexity index is 181. The predicted molar refractivity (Wildman–Crippen MR) is 36.2 cm³/mol. The summed E-state index contributed by atoms with van der Waals surface area (Å²) in [6.45, 7) is 2.66. The Hall–Kier alpha value is -0.760. The van der Waals surface area contributed by atoms with Crippen molar-refractivity contribution in [3.63, 3.8) is 0 Å². The topological polar surface area (TPSA) is 39.2 Å². The van der Waals surface area contributed by atoms with E-state index in [1.807, 2.05) is 13.0 Å². The summed E-state index contributed by atoms with van der Waals surface area (Å²) < 4.78 is 5.12. The molecular weight excluding hydrogens is 114 g/mol. The fourth-order valence-corrected chi connectivity index (χ4v) is 0.764. The summed E-state index contributed by atoms with van der Waals surface area (Å²) in [7, 11) is 0. The molecule has 0 aromatic carbocycles. The van der Waals surface area contributed by atoms with Gasteiger partial charge in [-0.3, -0.25) is 0 Å². The molecule has 0 amide bonds. The number of nitrogens with two attached hydrogens (primary N) is 1. The smallest absolute Gasteiger partial charge is 0.105 e. The normalized spacial score (nSPS) is 10.0. The highest BCUT2D eigenvalue weighted by molar-refractivity contribution is 5.10. The van der Waals surface area contributed by atoms with E-state index < -0.39 is 0 Å². The molecule has 1 heterocycles. The minimum absolute atomic E-state index is 0.660. The highest BCUT2D eigenvalue weighted by Gasteiger charge is 1.94. The molecule has 1 aromatic rings. The molecule has 1 aromatic heterocycles. The van der Waals surface area contributed by atoms with Crippen LogP contribution in [-0.4, -0.2) is 6.54 Å². The number of aryl methyl sites for hydroxylation is 1. The second-order valence-corrected chi connectivity index (χ2v) is 2.13. The van der Waals surface area contributed by atoms with Crippen LogP contribution in [0.4, 0.5) is 0 Å². The maximum absolute atomic E-state index is 5.31. The molecule has 0 aliphatic rings. The van der Waals surface area contributed by atoms with E-state index in [4.69, 9.17) is 10.2 Å². The second kappa shape index (κ2) is 2.69. The first-order chi connectivity index (χ1) is 4.33. The number of furan rings is 1. The van der Waals surface area contributed by atoms with Crippen molar-refractivity contribution < 1.29 is 4.42 Å². The van der Waals surface area contributed by atoms with Crippen LogP contribution in [0.1, 0.15) is 11.3 Å². The molecule has 0 unspecified atom stereocenters. The number of rotatable bonds is 2. The molecular formula is C7H11NO. The Morgan fingerprint density at radius 3 is 2.89 bits per heavy atom. The molecule has 0 radical (unpaired) electrons. The molecule has 0 spiro atoms. The molecule has 0 bridgehead atoms. The molecule has 0 aliphatic carbocycles. The molecule has 2 N–H and O–H groups in total. The summed E-state index contributed by atoms with van der Waals surface area (Å²) in [5, 5.41) is 0. The van der Waals surface area contributed by atoms with Crippen molar-refractivity contribution in [2.24, 2.45) is 5.73 Å². The van der Waals surface area contributed by atoms with Gasteiger partial charge in [0.2, 0.25) is 0 Å². The Morgan fingerprint density at radius 1 is 1.67 bits per heavy atom.